The highest BCUT2D eigenvalue weighted by Gasteiger charge is 2.37. The van der Waals surface area contributed by atoms with Gasteiger partial charge in [-0.1, -0.05) is 27.7 Å². The quantitative estimate of drug-likeness (QED) is 0.529. The monoisotopic (exact) mass is 302 g/mol. The van der Waals surface area contributed by atoms with Crippen molar-refractivity contribution in [3.05, 3.63) is 22.6 Å². The van der Waals surface area contributed by atoms with Gasteiger partial charge in [-0.3, -0.25) is 4.79 Å². The fraction of sp³-hybridized carbons (Fsp3) is 0.429. The van der Waals surface area contributed by atoms with Gasteiger partial charge in [0.05, 0.1) is 0 Å². The van der Waals surface area contributed by atoms with Gasteiger partial charge in [0.1, 0.15) is 4.83 Å². The summed E-state index contributed by atoms with van der Waals surface area (Å²) < 4.78 is 36.2. The first-order valence-corrected chi connectivity index (χ1v) is 5.68. The van der Waals surface area contributed by atoms with Crippen molar-refractivity contribution < 1.29 is 13.2 Å². The van der Waals surface area contributed by atoms with E-state index in [9.17, 15) is 18.0 Å². The molecule has 1 unspecified atom stereocenters. The number of nitrogens with one attached hydrogen (secondary N) is 1. The van der Waals surface area contributed by atoms with E-state index in [1.165, 1.54) is 12.3 Å². The minimum atomic E-state index is -4.29. The van der Waals surface area contributed by atoms with E-state index in [1.807, 2.05) is 0 Å². The number of halogens is 4. The molecule has 1 rings (SSSR count). The third-order valence-corrected chi connectivity index (χ3v) is 3.62. The highest BCUT2D eigenvalue weighted by atomic mass is 79.9. The van der Waals surface area contributed by atoms with Crippen LogP contribution in [0.25, 0.3) is 0 Å². The van der Waals surface area contributed by atoms with Gasteiger partial charge in [0.25, 0.3) is 5.56 Å². The second-order valence-electron chi connectivity index (χ2n) is 2.56. The van der Waals surface area contributed by atoms with Gasteiger partial charge in [0, 0.05) is 18.0 Å². The van der Waals surface area contributed by atoms with Crippen molar-refractivity contribution in [1.29, 1.82) is 0 Å². The molecule has 1 heterocycles. The molecule has 0 saturated carbocycles. The lowest BCUT2D eigenvalue weighted by atomic mass is 10.5. The third-order valence-electron chi connectivity index (χ3n) is 1.37. The molecule has 0 fully saturated rings. The minimum absolute atomic E-state index is 0.177. The van der Waals surface area contributed by atoms with Crippen molar-refractivity contribution in [3.8, 4) is 0 Å². The first-order chi connectivity index (χ1) is 6.89. The van der Waals surface area contributed by atoms with Gasteiger partial charge in [-0.05, 0) is 0 Å². The lowest BCUT2D eigenvalue weighted by molar-refractivity contribution is -0.122. The Kier molecular flexibility index (Phi) is 4.21. The number of aromatic amines is 1. The second kappa shape index (κ2) is 5.02. The van der Waals surface area contributed by atoms with Crippen LogP contribution in [0.1, 0.15) is 0 Å². The predicted octanol–water partition coefficient (Wildman–Crippen LogP) is 2.19. The molecule has 3 nitrogen and oxygen atoms in total. The van der Waals surface area contributed by atoms with Crippen molar-refractivity contribution in [1.82, 2.24) is 9.97 Å². The summed E-state index contributed by atoms with van der Waals surface area (Å²) in [5.41, 5.74) is -0.384. The molecular formula is C7H6BrF3N2OS. The van der Waals surface area contributed by atoms with Crippen molar-refractivity contribution in [3.63, 3.8) is 0 Å². The fourth-order valence-electron chi connectivity index (χ4n) is 0.672. The molecule has 8 heteroatoms. The number of thioether (sulfide) groups is 1. The van der Waals surface area contributed by atoms with Crippen LogP contribution in [0.3, 0.4) is 0 Å². The van der Waals surface area contributed by atoms with E-state index in [2.05, 4.69) is 25.9 Å². The average Bonchev–Trinajstić information content (AvgIpc) is 2.12. The maximum Gasteiger partial charge on any atom is 0.402 e. The number of H-pyrrole nitrogens is 1. The average molecular weight is 303 g/mol. The number of nitrogens with zero attached hydrogens (tertiary/aromatic N) is 1. The largest absolute Gasteiger partial charge is 0.402 e. The van der Waals surface area contributed by atoms with Crippen LogP contribution in [0.5, 0.6) is 0 Å². The summed E-state index contributed by atoms with van der Waals surface area (Å²) in [6.07, 6.45) is -3.04. The van der Waals surface area contributed by atoms with E-state index in [1.54, 1.807) is 0 Å². The first-order valence-electron chi connectivity index (χ1n) is 3.78. The summed E-state index contributed by atoms with van der Waals surface area (Å²) in [5.74, 6) is -0.240. The van der Waals surface area contributed by atoms with Crippen LogP contribution < -0.4 is 5.56 Å². The van der Waals surface area contributed by atoms with Crippen molar-refractivity contribution >= 4 is 27.7 Å². The van der Waals surface area contributed by atoms with Crippen LogP contribution in [0.15, 0.2) is 22.2 Å². The van der Waals surface area contributed by atoms with Gasteiger partial charge >= 0.3 is 6.18 Å². The maximum atomic E-state index is 12.1. The maximum absolute atomic E-state index is 12.1. The number of alkyl halides is 4. The predicted molar refractivity (Wildman–Crippen MR) is 54.4 cm³/mol. The Morgan fingerprint density at radius 2 is 2.27 bits per heavy atom. The van der Waals surface area contributed by atoms with E-state index in [4.69, 9.17) is 0 Å². The van der Waals surface area contributed by atoms with Crippen LogP contribution in [0, 0.1) is 0 Å². The van der Waals surface area contributed by atoms with Gasteiger partial charge in [-0.25, -0.2) is 4.98 Å². The summed E-state index contributed by atoms with van der Waals surface area (Å²) in [4.78, 5) is 15.2. The van der Waals surface area contributed by atoms with Crippen LogP contribution in [0.2, 0.25) is 0 Å². The molecule has 0 aliphatic heterocycles. The Morgan fingerprint density at radius 1 is 1.60 bits per heavy atom. The van der Waals surface area contributed by atoms with E-state index < -0.39 is 11.0 Å². The molecule has 15 heavy (non-hydrogen) atoms. The first kappa shape index (κ1) is 12.6. The van der Waals surface area contributed by atoms with E-state index >= 15 is 0 Å². The zero-order valence-corrected chi connectivity index (χ0v) is 9.62. The molecule has 84 valence electrons. The molecule has 0 amide bonds. The SMILES string of the molecule is O=c1ccnc(SCC(Br)C(F)(F)F)[nH]1. The zero-order chi connectivity index (χ0) is 11.5. The summed E-state index contributed by atoms with van der Waals surface area (Å²) >= 11 is 3.34. The van der Waals surface area contributed by atoms with Gasteiger partial charge in [-0.15, -0.1) is 0 Å². The van der Waals surface area contributed by atoms with Gasteiger partial charge in [-0.2, -0.15) is 13.2 Å². The Balaban J connectivity index is 2.54. The molecule has 0 spiro atoms. The molecule has 0 saturated heterocycles. The highest BCUT2D eigenvalue weighted by Crippen LogP contribution is 2.30. The Bertz CT molecular complexity index is 381. The van der Waals surface area contributed by atoms with E-state index in [-0.39, 0.29) is 16.5 Å². The highest BCUT2D eigenvalue weighted by molar-refractivity contribution is 9.09. The van der Waals surface area contributed by atoms with Gasteiger partial charge in [0.2, 0.25) is 0 Å². The molecule has 1 aromatic heterocycles. The topological polar surface area (TPSA) is 45.8 Å². The molecule has 0 radical (unpaired) electrons. The molecule has 0 aliphatic rings. The molecule has 0 bridgehead atoms. The second-order valence-corrected chi connectivity index (χ2v) is 4.67. The minimum Gasteiger partial charge on any atom is -0.301 e. The van der Waals surface area contributed by atoms with Crippen molar-refractivity contribution in [2.45, 2.75) is 16.2 Å². The smallest absolute Gasteiger partial charge is 0.301 e. The Hall–Kier alpha value is -0.500. The Labute approximate surface area is 95.6 Å². The summed E-state index contributed by atoms with van der Waals surface area (Å²) in [6.45, 7) is 0. The van der Waals surface area contributed by atoms with Crippen LogP contribution >= 0.6 is 27.7 Å². The standard InChI is InChI=1S/C7H6BrF3N2OS/c8-4(7(9,10)11)3-15-6-12-2-1-5(14)13-6/h1-2,4H,3H2,(H,12,13,14). The zero-order valence-electron chi connectivity index (χ0n) is 7.21. The van der Waals surface area contributed by atoms with Gasteiger partial charge in [0.15, 0.2) is 5.16 Å². The van der Waals surface area contributed by atoms with Gasteiger partial charge < -0.3 is 4.98 Å². The fourth-order valence-corrected chi connectivity index (χ4v) is 1.87. The normalized spacial score (nSPS) is 13.9. The Morgan fingerprint density at radius 3 is 2.80 bits per heavy atom. The van der Waals surface area contributed by atoms with E-state index in [0.717, 1.165) is 11.8 Å². The summed E-state index contributed by atoms with van der Waals surface area (Å²) in [7, 11) is 0. The van der Waals surface area contributed by atoms with Crippen molar-refractivity contribution in [2.24, 2.45) is 0 Å². The molecule has 0 aliphatic carbocycles. The summed E-state index contributed by atoms with van der Waals surface area (Å²) in [5, 5.41) is 0.177. The van der Waals surface area contributed by atoms with E-state index in [0.29, 0.717) is 0 Å². The third kappa shape index (κ3) is 4.25. The molecule has 1 atom stereocenters. The lowest BCUT2D eigenvalue weighted by Crippen LogP contribution is -2.25. The lowest BCUT2D eigenvalue weighted by Gasteiger charge is -2.12. The number of aromatic nitrogens is 2. The van der Waals surface area contributed by atoms with Crippen LogP contribution in [0.4, 0.5) is 13.2 Å². The van der Waals surface area contributed by atoms with Crippen LogP contribution in [-0.2, 0) is 0 Å². The molecule has 1 aromatic rings. The number of hydrogen-bond donors (Lipinski definition) is 1. The number of hydrogen-bond acceptors (Lipinski definition) is 3. The van der Waals surface area contributed by atoms with Crippen molar-refractivity contribution in [2.75, 3.05) is 5.75 Å². The number of rotatable bonds is 3. The summed E-state index contributed by atoms with van der Waals surface area (Å²) in [6, 6.07) is 1.19. The van der Waals surface area contributed by atoms with Crippen LogP contribution in [-0.4, -0.2) is 26.7 Å². The molecular weight excluding hydrogens is 297 g/mol. The molecule has 0 aromatic carbocycles. The molecule has 1 N–H and O–H groups in total.